The standard InChI is InChI=1S/C21H23N3O2/c1-15(12-18-14-23-20-5-3-2-4-19(18)20)22-13-17-8-6-16(7-9-17)10-11-21(25)24-26/h2-11,14-15,22-23,26H,12-13H2,1H3,(H,24,25)/b11-10+. The lowest BCUT2D eigenvalue weighted by atomic mass is 10.1. The van der Waals surface area contributed by atoms with Gasteiger partial charge in [-0.1, -0.05) is 42.5 Å². The molecule has 5 heteroatoms. The molecule has 0 bridgehead atoms. The highest BCUT2D eigenvalue weighted by molar-refractivity contribution is 5.90. The highest BCUT2D eigenvalue weighted by Gasteiger charge is 2.08. The molecule has 0 radical (unpaired) electrons. The summed E-state index contributed by atoms with van der Waals surface area (Å²) in [4.78, 5) is 14.3. The average molecular weight is 349 g/mol. The molecule has 3 rings (SSSR count). The Morgan fingerprint density at radius 2 is 1.96 bits per heavy atom. The Bertz CT molecular complexity index is 897. The van der Waals surface area contributed by atoms with Gasteiger partial charge in [0.25, 0.3) is 5.91 Å². The number of H-pyrrole nitrogens is 1. The number of benzene rings is 2. The van der Waals surface area contributed by atoms with Crippen LogP contribution in [0.5, 0.6) is 0 Å². The van der Waals surface area contributed by atoms with E-state index in [0.717, 1.165) is 18.5 Å². The first-order valence-corrected chi connectivity index (χ1v) is 8.65. The van der Waals surface area contributed by atoms with Gasteiger partial charge < -0.3 is 10.3 Å². The third-order valence-corrected chi connectivity index (χ3v) is 4.37. The Balaban J connectivity index is 1.53. The summed E-state index contributed by atoms with van der Waals surface area (Å²) in [6.45, 7) is 2.97. The highest BCUT2D eigenvalue weighted by Crippen LogP contribution is 2.19. The molecule has 1 unspecified atom stereocenters. The molecule has 26 heavy (non-hydrogen) atoms. The maximum absolute atomic E-state index is 11.0. The maximum atomic E-state index is 11.0. The van der Waals surface area contributed by atoms with Crippen LogP contribution in [0.1, 0.15) is 23.6 Å². The van der Waals surface area contributed by atoms with E-state index in [-0.39, 0.29) is 0 Å². The van der Waals surface area contributed by atoms with Crippen molar-refractivity contribution in [3.05, 3.63) is 77.5 Å². The van der Waals surface area contributed by atoms with E-state index in [9.17, 15) is 4.79 Å². The van der Waals surface area contributed by atoms with Crippen molar-refractivity contribution in [3.8, 4) is 0 Å². The summed E-state index contributed by atoms with van der Waals surface area (Å²) < 4.78 is 0. The fourth-order valence-electron chi connectivity index (χ4n) is 2.95. The number of hydrogen-bond donors (Lipinski definition) is 4. The van der Waals surface area contributed by atoms with Gasteiger partial charge in [-0.05, 0) is 42.2 Å². The number of nitrogens with one attached hydrogen (secondary N) is 3. The second kappa shape index (κ2) is 8.47. The van der Waals surface area contributed by atoms with Crippen molar-refractivity contribution in [2.75, 3.05) is 0 Å². The van der Waals surface area contributed by atoms with Crippen molar-refractivity contribution in [2.45, 2.75) is 25.9 Å². The zero-order valence-corrected chi connectivity index (χ0v) is 14.7. The smallest absolute Gasteiger partial charge is 0.267 e. The first kappa shape index (κ1) is 17.9. The van der Waals surface area contributed by atoms with E-state index in [1.807, 2.05) is 30.3 Å². The number of aromatic nitrogens is 1. The van der Waals surface area contributed by atoms with Crippen molar-refractivity contribution in [2.24, 2.45) is 0 Å². The lowest BCUT2D eigenvalue weighted by Gasteiger charge is -2.13. The minimum Gasteiger partial charge on any atom is -0.361 e. The molecule has 0 saturated heterocycles. The maximum Gasteiger partial charge on any atom is 0.267 e. The van der Waals surface area contributed by atoms with Crippen LogP contribution < -0.4 is 10.8 Å². The number of hydroxylamine groups is 1. The Morgan fingerprint density at radius 1 is 1.19 bits per heavy atom. The number of aromatic amines is 1. The van der Waals surface area contributed by atoms with E-state index in [0.29, 0.717) is 6.04 Å². The van der Waals surface area contributed by atoms with E-state index in [4.69, 9.17) is 5.21 Å². The van der Waals surface area contributed by atoms with Crippen LogP contribution in [0.25, 0.3) is 17.0 Å². The van der Waals surface area contributed by atoms with Crippen LogP contribution in [0.15, 0.2) is 60.8 Å². The van der Waals surface area contributed by atoms with Gasteiger partial charge in [0.15, 0.2) is 0 Å². The number of amides is 1. The molecule has 1 heterocycles. The molecule has 1 amide bonds. The largest absolute Gasteiger partial charge is 0.361 e. The Kier molecular flexibility index (Phi) is 5.84. The van der Waals surface area contributed by atoms with Crippen LogP contribution in [-0.2, 0) is 17.8 Å². The summed E-state index contributed by atoms with van der Waals surface area (Å²) in [5.41, 5.74) is 6.15. The van der Waals surface area contributed by atoms with Gasteiger partial charge in [0, 0.05) is 35.8 Å². The summed E-state index contributed by atoms with van der Waals surface area (Å²) in [6, 6.07) is 16.7. The zero-order valence-electron chi connectivity index (χ0n) is 14.7. The minimum absolute atomic E-state index is 0.349. The second-order valence-electron chi connectivity index (χ2n) is 6.40. The van der Waals surface area contributed by atoms with Gasteiger partial charge >= 0.3 is 0 Å². The summed E-state index contributed by atoms with van der Waals surface area (Å²) in [6.07, 6.45) is 5.99. The molecular weight excluding hydrogens is 326 g/mol. The Morgan fingerprint density at radius 3 is 2.73 bits per heavy atom. The summed E-state index contributed by atoms with van der Waals surface area (Å²) in [5, 5.41) is 13.3. The molecule has 4 N–H and O–H groups in total. The SMILES string of the molecule is CC(Cc1c[nH]c2ccccc12)NCc1ccc(/C=C/C(=O)NO)cc1. The zero-order chi connectivity index (χ0) is 18.4. The van der Waals surface area contributed by atoms with E-state index < -0.39 is 5.91 Å². The predicted octanol–water partition coefficient (Wildman–Crippen LogP) is 3.41. The summed E-state index contributed by atoms with van der Waals surface area (Å²) in [5.74, 6) is -0.540. The molecule has 0 aliphatic heterocycles. The molecule has 2 aromatic carbocycles. The molecule has 0 aliphatic carbocycles. The minimum atomic E-state index is -0.540. The normalized spacial score (nSPS) is 12.5. The van der Waals surface area contributed by atoms with Gasteiger partial charge in [-0.3, -0.25) is 10.0 Å². The summed E-state index contributed by atoms with van der Waals surface area (Å²) >= 11 is 0. The first-order chi connectivity index (χ1) is 12.7. The molecule has 1 atom stereocenters. The number of fused-ring (bicyclic) bond motifs is 1. The fraction of sp³-hybridized carbons (Fsp3) is 0.190. The van der Waals surface area contributed by atoms with Crippen LogP contribution >= 0.6 is 0 Å². The van der Waals surface area contributed by atoms with Crippen molar-refractivity contribution >= 4 is 22.9 Å². The van der Waals surface area contributed by atoms with Crippen LogP contribution in [0.3, 0.4) is 0 Å². The van der Waals surface area contributed by atoms with Gasteiger partial charge in [-0.25, -0.2) is 5.48 Å². The van der Waals surface area contributed by atoms with Crippen LogP contribution in [0.2, 0.25) is 0 Å². The van der Waals surface area contributed by atoms with Crippen molar-refractivity contribution in [1.29, 1.82) is 0 Å². The number of para-hydroxylation sites is 1. The quantitative estimate of drug-likeness (QED) is 0.300. The van der Waals surface area contributed by atoms with Gasteiger partial charge in [-0.2, -0.15) is 0 Å². The molecule has 1 aromatic heterocycles. The van der Waals surface area contributed by atoms with Gasteiger partial charge in [-0.15, -0.1) is 0 Å². The number of rotatable bonds is 7. The van der Waals surface area contributed by atoms with E-state index in [2.05, 4.69) is 41.6 Å². The average Bonchev–Trinajstić information content (AvgIpc) is 3.08. The monoisotopic (exact) mass is 349 g/mol. The lowest BCUT2D eigenvalue weighted by molar-refractivity contribution is -0.124. The van der Waals surface area contributed by atoms with Gasteiger partial charge in [0.1, 0.15) is 0 Å². The molecule has 0 spiro atoms. The van der Waals surface area contributed by atoms with Crippen LogP contribution in [0, 0.1) is 0 Å². The second-order valence-corrected chi connectivity index (χ2v) is 6.40. The first-order valence-electron chi connectivity index (χ1n) is 8.65. The predicted molar refractivity (Wildman–Crippen MR) is 104 cm³/mol. The molecule has 3 aromatic rings. The highest BCUT2D eigenvalue weighted by atomic mass is 16.5. The van der Waals surface area contributed by atoms with Crippen LogP contribution in [0.4, 0.5) is 0 Å². The fourth-order valence-corrected chi connectivity index (χ4v) is 2.95. The third-order valence-electron chi connectivity index (χ3n) is 4.37. The van der Waals surface area contributed by atoms with Gasteiger partial charge in [0.05, 0.1) is 0 Å². The molecular formula is C21H23N3O2. The van der Waals surface area contributed by atoms with E-state index in [1.54, 1.807) is 11.6 Å². The Hall–Kier alpha value is -2.89. The Labute approximate surface area is 152 Å². The lowest BCUT2D eigenvalue weighted by Crippen LogP contribution is -2.27. The van der Waals surface area contributed by atoms with E-state index >= 15 is 0 Å². The summed E-state index contributed by atoms with van der Waals surface area (Å²) in [7, 11) is 0. The topological polar surface area (TPSA) is 77.2 Å². The van der Waals surface area contributed by atoms with Crippen molar-refractivity contribution in [1.82, 2.24) is 15.8 Å². The molecule has 0 saturated carbocycles. The third kappa shape index (κ3) is 4.59. The number of carbonyl (C=O) groups excluding carboxylic acids is 1. The van der Waals surface area contributed by atoms with Crippen molar-refractivity contribution < 1.29 is 10.0 Å². The van der Waals surface area contributed by atoms with Gasteiger partial charge in [0.2, 0.25) is 0 Å². The van der Waals surface area contributed by atoms with E-state index in [1.165, 1.54) is 28.1 Å². The number of hydrogen-bond acceptors (Lipinski definition) is 3. The van der Waals surface area contributed by atoms with Crippen LogP contribution in [-0.4, -0.2) is 22.1 Å². The molecule has 0 fully saturated rings. The molecule has 134 valence electrons. The molecule has 0 aliphatic rings. The number of carbonyl (C=O) groups is 1. The molecule has 5 nitrogen and oxygen atoms in total. The van der Waals surface area contributed by atoms with Crippen molar-refractivity contribution in [3.63, 3.8) is 0 Å².